The van der Waals surface area contributed by atoms with Crippen LogP contribution in [0.15, 0.2) is 47.2 Å². The molecule has 1 unspecified atom stereocenters. The van der Waals surface area contributed by atoms with Crippen molar-refractivity contribution in [3.8, 4) is 0 Å². The first kappa shape index (κ1) is 14.0. The summed E-state index contributed by atoms with van der Waals surface area (Å²) in [6.07, 6.45) is 3.61. The molecule has 0 aliphatic rings. The lowest BCUT2D eigenvalue weighted by Crippen LogP contribution is -2.15. The van der Waals surface area contributed by atoms with E-state index in [2.05, 4.69) is 20.9 Å². The van der Waals surface area contributed by atoms with E-state index in [-0.39, 0.29) is 0 Å². The van der Waals surface area contributed by atoms with Crippen LogP contribution in [0.3, 0.4) is 0 Å². The van der Waals surface area contributed by atoms with E-state index in [1.165, 1.54) is 0 Å². The minimum Gasteiger partial charge on any atom is -0.481 e. The molecular formula is C14H11BrClNO2. The van der Waals surface area contributed by atoms with Gasteiger partial charge in [0.05, 0.1) is 5.92 Å². The van der Waals surface area contributed by atoms with Gasteiger partial charge >= 0.3 is 5.97 Å². The third-order valence-electron chi connectivity index (χ3n) is 2.83. The number of nitrogens with zero attached hydrogens (tertiary/aromatic N) is 1. The highest BCUT2D eigenvalue weighted by atomic mass is 79.9. The summed E-state index contributed by atoms with van der Waals surface area (Å²) in [6.45, 7) is 0. The maximum atomic E-state index is 11.5. The highest BCUT2D eigenvalue weighted by Gasteiger charge is 2.22. The second-order valence-corrected chi connectivity index (χ2v) is 5.41. The van der Waals surface area contributed by atoms with Crippen LogP contribution >= 0.6 is 27.5 Å². The first-order valence-corrected chi connectivity index (χ1v) is 6.81. The summed E-state index contributed by atoms with van der Waals surface area (Å²) in [5.74, 6) is -1.47. The second-order valence-electron chi connectivity index (χ2n) is 4.12. The minimum absolute atomic E-state index is 0.412. The van der Waals surface area contributed by atoms with Crippen molar-refractivity contribution in [2.75, 3.05) is 0 Å². The molecule has 0 amide bonds. The van der Waals surface area contributed by atoms with Crippen molar-refractivity contribution in [3.63, 3.8) is 0 Å². The number of halogens is 2. The maximum absolute atomic E-state index is 11.5. The van der Waals surface area contributed by atoms with Gasteiger partial charge in [-0.05, 0) is 51.7 Å². The largest absolute Gasteiger partial charge is 0.481 e. The van der Waals surface area contributed by atoms with E-state index in [4.69, 9.17) is 11.6 Å². The van der Waals surface area contributed by atoms with Crippen LogP contribution in [-0.2, 0) is 11.2 Å². The van der Waals surface area contributed by atoms with Crippen LogP contribution in [0.1, 0.15) is 17.0 Å². The normalized spacial score (nSPS) is 12.1. The molecule has 98 valence electrons. The Hall–Kier alpha value is -1.39. The zero-order valence-electron chi connectivity index (χ0n) is 9.88. The van der Waals surface area contributed by atoms with Gasteiger partial charge in [0.2, 0.25) is 0 Å². The number of carbonyl (C=O) groups is 1. The average Bonchev–Trinajstić information content (AvgIpc) is 2.39. The van der Waals surface area contributed by atoms with E-state index in [1.807, 2.05) is 12.1 Å². The molecule has 5 heteroatoms. The summed E-state index contributed by atoms with van der Waals surface area (Å²) in [7, 11) is 0. The maximum Gasteiger partial charge on any atom is 0.311 e. The number of rotatable bonds is 4. The van der Waals surface area contributed by atoms with Gasteiger partial charge in [-0.15, -0.1) is 0 Å². The lowest BCUT2D eigenvalue weighted by Gasteiger charge is -2.14. The van der Waals surface area contributed by atoms with Gasteiger partial charge in [-0.1, -0.05) is 23.7 Å². The van der Waals surface area contributed by atoms with Crippen LogP contribution in [0.4, 0.5) is 0 Å². The Labute approximate surface area is 124 Å². The Morgan fingerprint density at radius 1 is 1.32 bits per heavy atom. The van der Waals surface area contributed by atoms with E-state index in [9.17, 15) is 9.90 Å². The molecule has 0 fully saturated rings. The van der Waals surface area contributed by atoms with Crippen molar-refractivity contribution in [3.05, 3.63) is 63.3 Å². The van der Waals surface area contributed by atoms with E-state index >= 15 is 0 Å². The summed E-state index contributed by atoms with van der Waals surface area (Å²) >= 11 is 9.16. The summed E-state index contributed by atoms with van der Waals surface area (Å²) in [5, 5.41) is 10.0. The summed E-state index contributed by atoms with van der Waals surface area (Å²) in [6, 6.07) is 8.92. The molecule has 2 aromatic rings. The first-order valence-electron chi connectivity index (χ1n) is 5.64. The Kier molecular flexibility index (Phi) is 4.56. The quantitative estimate of drug-likeness (QED) is 0.918. The molecule has 0 spiro atoms. The molecule has 1 aromatic heterocycles. The molecule has 0 aliphatic carbocycles. The lowest BCUT2D eigenvalue weighted by atomic mass is 9.93. The smallest absolute Gasteiger partial charge is 0.311 e. The third kappa shape index (κ3) is 3.55. The number of pyridine rings is 1. The molecule has 1 heterocycles. The number of aliphatic carboxylic acids is 1. The van der Waals surface area contributed by atoms with E-state index in [0.717, 1.165) is 11.1 Å². The summed E-state index contributed by atoms with van der Waals surface area (Å²) < 4.78 is 0.705. The highest BCUT2D eigenvalue weighted by Crippen LogP contribution is 2.27. The molecule has 3 nitrogen and oxygen atoms in total. The first-order chi connectivity index (χ1) is 9.08. The van der Waals surface area contributed by atoms with Gasteiger partial charge in [0.1, 0.15) is 0 Å². The number of hydrogen-bond acceptors (Lipinski definition) is 2. The molecule has 0 saturated heterocycles. The molecule has 1 N–H and O–H groups in total. The summed E-state index contributed by atoms with van der Waals surface area (Å²) in [4.78, 5) is 15.4. The fourth-order valence-corrected chi connectivity index (χ4v) is 2.51. The number of benzene rings is 1. The van der Waals surface area contributed by atoms with Crippen LogP contribution in [0.2, 0.25) is 5.02 Å². The SMILES string of the molecule is O=C(O)C(Cc1ccc(Cl)cc1)c1ccncc1Br. The Balaban J connectivity index is 2.29. The average molecular weight is 341 g/mol. The zero-order valence-corrected chi connectivity index (χ0v) is 12.2. The van der Waals surface area contributed by atoms with E-state index < -0.39 is 11.9 Å². The monoisotopic (exact) mass is 339 g/mol. The second kappa shape index (κ2) is 6.17. The standard InChI is InChI=1S/C14H11BrClNO2/c15-13-8-17-6-5-11(13)12(14(18)19)7-9-1-3-10(16)4-2-9/h1-6,8,12H,7H2,(H,18,19). The zero-order chi connectivity index (χ0) is 13.8. The highest BCUT2D eigenvalue weighted by molar-refractivity contribution is 9.10. The van der Waals surface area contributed by atoms with Gasteiger partial charge in [0.25, 0.3) is 0 Å². The fraction of sp³-hybridized carbons (Fsp3) is 0.143. The van der Waals surface area contributed by atoms with E-state index in [0.29, 0.717) is 15.9 Å². The van der Waals surface area contributed by atoms with Gasteiger partial charge in [-0.25, -0.2) is 0 Å². The topological polar surface area (TPSA) is 50.2 Å². The van der Waals surface area contributed by atoms with Crippen molar-refractivity contribution in [1.82, 2.24) is 4.98 Å². The lowest BCUT2D eigenvalue weighted by molar-refractivity contribution is -0.138. The molecule has 1 atom stereocenters. The molecule has 1 aromatic carbocycles. The predicted octanol–water partition coefficient (Wildman–Crippen LogP) is 3.91. The Bertz CT molecular complexity index is 586. The number of hydrogen-bond donors (Lipinski definition) is 1. The molecular weight excluding hydrogens is 330 g/mol. The molecule has 0 bridgehead atoms. The van der Waals surface area contributed by atoms with Crippen LogP contribution in [0, 0.1) is 0 Å². The number of carboxylic acids is 1. The van der Waals surface area contributed by atoms with Gasteiger partial charge in [-0.2, -0.15) is 0 Å². The molecule has 0 saturated carbocycles. The molecule has 0 aliphatic heterocycles. The molecule has 19 heavy (non-hydrogen) atoms. The van der Waals surface area contributed by atoms with Crippen molar-refractivity contribution in [2.24, 2.45) is 0 Å². The van der Waals surface area contributed by atoms with Gasteiger partial charge in [0, 0.05) is 21.9 Å². The van der Waals surface area contributed by atoms with Gasteiger partial charge in [0.15, 0.2) is 0 Å². The predicted molar refractivity (Wildman–Crippen MR) is 77.5 cm³/mol. The van der Waals surface area contributed by atoms with E-state index in [1.54, 1.807) is 30.6 Å². The van der Waals surface area contributed by atoms with Crippen molar-refractivity contribution < 1.29 is 9.90 Å². The van der Waals surface area contributed by atoms with Crippen molar-refractivity contribution in [1.29, 1.82) is 0 Å². The number of carboxylic acid groups (broad SMARTS) is 1. The molecule has 2 rings (SSSR count). The van der Waals surface area contributed by atoms with Crippen LogP contribution in [0.25, 0.3) is 0 Å². The number of aromatic nitrogens is 1. The van der Waals surface area contributed by atoms with Crippen LogP contribution in [-0.4, -0.2) is 16.1 Å². The van der Waals surface area contributed by atoms with Gasteiger partial charge < -0.3 is 5.11 Å². The summed E-state index contributed by atoms with van der Waals surface area (Å²) in [5.41, 5.74) is 1.65. The third-order valence-corrected chi connectivity index (χ3v) is 3.74. The Morgan fingerprint density at radius 3 is 2.58 bits per heavy atom. The van der Waals surface area contributed by atoms with Crippen LogP contribution < -0.4 is 0 Å². The van der Waals surface area contributed by atoms with Gasteiger partial charge in [-0.3, -0.25) is 9.78 Å². The van der Waals surface area contributed by atoms with Crippen LogP contribution in [0.5, 0.6) is 0 Å². The molecule has 0 radical (unpaired) electrons. The minimum atomic E-state index is -0.859. The van der Waals surface area contributed by atoms with Crippen molar-refractivity contribution >= 4 is 33.5 Å². The fourth-order valence-electron chi connectivity index (χ4n) is 1.86. The Morgan fingerprint density at radius 2 is 2.00 bits per heavy atom. The van der Waals surface area contributed by atoms with Crippen molar-refractivity contribution in [2.45, 2.75) is 12.3 Å².